The molecule has 2 aromatic rings. The molecule has 1 spiro atoms. The largest absolute Gasteiger partial charge is 0.497 e. The SMILES string of the molecule is COc1cccc([C@@H]2CC23N=C(c2ccccc2)OC3=O)c1. The number of carbonyl (C=O) groups is 1. The molecule has 22 heavy (non-hydrogen) atoms. The second-order valence-electron chi connectivity index (χ2n) is 5.63. The van der Waals surface area contributed by atoms with E-state index in [0.717, 1.165) is 16.9 Å². The van der Waals surface area contributed by atoms with Crippen molar-refractivity contribution in [1.82, 2.24) is 0 Å². The molecule has 1 heterocycles. The Morgan fingerprint density at radius 3 is 2.77 bits per heavy atom. The van der Waals surface area contributed by atoms with E-state index in [1.807, 2.05) is 54.6 Å². The fourth-order valence-corrected chi connectivity index (χ4v) is 2.98. The minimum absolute atomic E-state index is 0.0660. The number of methoxy groups -OCH3 is 1. The van der Waals surface area contributed by atoms with Crippen LogP contribution < -0.4 is 4.74 Å². The van der Waals surface area contributed by atoms with Crippen molar-refractivity contribution in [1.29, 1.82) is 0 Å². The lowest BCUT2D eigenvalue weighted by atomic mass is 10.1. The molecule has 1 unspecified atom stereocenters. The predicted octanol–water partition coefficient (Wildman–Crippen LogP) is 2.92. The molecule has 1 aliphatic heterocycles. The van der Waals surface area contributed by atoms with Gasteiger partial charge in [-0.15, -0.1) is 0 Å². The van der Waals surface area contributed by atoms with Crippen molar-refractivity contribution in [2.45, 2.75) is 17.9 Å². The number of hydrogen-bond acceptors (Lipinski definition) is 4. The summed E-state index contributed by atoms with van der Waals surface area (Å²) in [6.45, 7) is 0. The summed E-state index contributed by atoms with van der Waals surface area (Å²) in [5.74, 6) is 1.03. The molecule has 0 saturated heterocycles. The maximum absolute atomic E-state index is 12.3. The average molecular weight is 293 g/mol. The number of carbonyl (C=O) groups excluding carboxylic acids is 1. The Bertz CT molecular complexity index is 769. The van der Waals surface area contributed by atoms with Crippen LogP contribution in [0.1, 0.15) is 23.5 Å². The van der Waals surface area contributed by atoms with Gasteiger partial charge in [0.25, 0.3) is 0 Å². The first-order valence-electron chi connectivity index (χ1n) is 7.24. The van der Waals surface area contributed by atoms with Gasteiger partial charge < -0.3 is 9.47 Å². The van der Waals surface area contributed by atoms with Crippen LogP contribution in [-0.2, 0) is 9.53 Å². The van der Waals surface area contributed by atoms with E-state index in [4.69, 9.17) is 9.47 Å². The standard InChI is InChI=1S/C18H15NO3/c1-21-14-9-5-8-13(10-14)15-11-18(15)17(20)22-16(19-18)12-6-3-2-4-7-12/h2-10,15H,11H2,1H3/t15-,18?/m0/s1. The first-order valence-corrected chi connectivity index (χ1v) is 7.24. The van der Waals surface area contributed by atoms with Crippen LogP contribution in [-0.4, -0.2) is 24.5 Å². The second kappa shape index (κ2) is 4.70. The van der Waals surface area contributed by atoms with Crippen molar-refractivity contribution in [2.24, 2.45) is 4.99 Å². The normalized spacial score (nSPS) is 25.8. The van der Waals surface area contributed by atoms with E-state index in [1.165, 1.54) is 0 Å². The summed E-state index contributed by atoms with van der Waals surface area (Å²) in [4.78, 5) is 16.9. The molecule has 0 bridgehead atoms. The topological polar surface area (TPSA) is 47.9 Å². The maximum atomic E-state index is 12.3. The van der Waals surface area contributed by atoms with E-state index in [1.54, 1.807) is 7.11 Å². The lowest BCUT2D eigenvalue weighted by Gasteiger charge is -2.05. The van der Waals surface area contributed by atoms with Crippen molar-refractivity contribution in [3.63, 3.8) is 0 Å². The number of rotatable bonds is 3. The molecule has 4 heteroatoms. The first-order chi connectivity index (χ1) is 10.7. The van der Waals surface area contributed by atoms with E-state index in [-0.39, 0.29) is 11.9 Å². The summed E-state index contributed by atoms with van der Waals surface area (Å²) in [5, 5.41) is 0. The van der Waals surface area contributed by atoms with Gasteiger partial charge in [-0.1, -0.05) is 30.3 Å². The fraction of sp³-hybridized carbons (Fsp3) is 0.222. The molecular formula is C18H15NO3. The average Bonchev–Trinajstić information content (AvgIpc) is 3.21. The van der Waals surface area contributed by atoms with E-state index in [0.29, 0.717) is 12.3 Å². The molecule has 110 valence electrons. The molecule has 1 fully saturated rings. The molecule has 1 saturated carbocycles. The fourth-order valence-electron chi connectivity index (χ4n) is 2.98. The maximum Gasteiger partial charge on any atom is 0.341 e. The van der Waals surface area contributed by atoms with Crippen LogP contribution in [0.2, 0.25) is 0 Å². The highest BCUT2D eigenvalue weighted by atomic mass is 16.6. The molecule has 2 atom stereocenters. The number of benzene rings is 2. The van der Waals surface area contributed by atoms with Crippen molar-refractivity contribution in [3.05, 3.63) is 65.7 Å². The molecule has 4 nitrogen and oxygen atoms in total. The summed E-state index contributed by atoms with van der Waals surface area (Å²) in [5.41, 5.74) is 1.16. The van der Waals surface area contributed by atoms with E-state index in [9.17, 15) is 4.79 Å². The van der Waals surface area contributed by atoms with Gasteiger partial charge in [-0.3, -0.25) is 0 Å². The number of nitrogens with zero attached hydrogens (tertiary/aromatic N) is 1. The second-order valence-corrected chi connectivity index (χ2v) is 5.63. The zero-order valence-corrected chi connectivity index (χ0v) is 12.2. The quantitative estimate of drug-likeness (QED) is 0.817. The lowest BCUT2D eigenvalue weighted by molar-refractivity contribution is -0.136. The van der Waals surface area contributed by atoms with Crippen LogP contribution in [0.15, 0.2) is 59.6 Å². The van der Waals surface area contributed by atoms with Crippen LogP contribution in [0.25, 0.3) is 0 Å². The Hall–Kier alpha value is -2.62. The summed E-state index contributed by atoms with van der Waals surface area (Å²) in [6.07, 6.45) is 0.690. The van der Waals surface area contributed by atoms with E-state index < -0.39 is 5.54 Å². The molecule has 0 amide bonds. The summed E-state index contributed by atoms with van der Waals surface area (Å²) in [6, 6.07) is 17.3. The van der Waals surface area contributed by atoms with Crippen molar-refractivity contribution < 1.29 is 14.3 Å². The Morgan fingerprint density at radius 2 is 2.00 bits per heavy atom. The van der Waals surface area contributed by atoms with Gasteiger partial charge in [0, 0.05) is 11.5 Å². The summed E-state index contributed by atoms with van der Waals surface area (Å²) in [7, 11) is 1.64. The van der Waals surface area contributed by atoms with Gasteiger partial charge in [-0.2, -0.15) is 0 Å². The number of cyclic esters (lactones) is 1. The van der Waals surface area contributed by atoms with Gasteiger partial charge in [0.05, 0.1) is 7.11 Å². The number of ether oxygens (including phenoxy) is 2. The highest BCUT2D eigenvalue weighted by Crippen LogP contribution is 2.57. The highest BCUT2D eigenvalue weighted by Gasteiger charge is 2.65. The smallest absolute Gasteiger partial charge is 0.341 e. The van der Waals surface area contributed by atoms with Gasteiger partial charge in [0.15, 0.2) is 5.54 Å². The number of hydrogen-bond donors (Lipinski definition) is 0. The molecular weight excluding hydrogens is 278 g/mol. The van der Waals surface area contributed by atoms with Gasteiger partial charge in [-0.25, -0.2) is 9.79 Å². The molecule has 0 N–H and O–H groups in total. The molecule has 0 aromatic heterocycles. The zero-order valence-electron chi connectivity index (χ0n) is 12.2. The van der Waals surface area contributed by atoms with Crippen LogP contribution in [0.4, 0.5) is 0 Å². The van der Waals surface area contributed by atoms with Crippen molar-refractivity contribution in [2.75, 3.05) is 7.11 Å². The van der Waals surface area contributed by atoms with Gasteiger partial charge in [-0.05, 0) is 36.2 Å². The minimum Gasteiger partial charge on any atom is -0.497 e. The van der Waals surface area contributed by atoms with E-state index >= 15 is 0 Å². The Balaban J connectivity index is 1.66. The lowest BCUT2D eigenvalue weighted by Crippen LogP contribution is -2.18. The third kappa shape index (κ3) is 1.91. The third-order valence-corrected chi connectivity index (χ3v) is 4.29. The van der Waals surface area contributed by atoms with Crippen LogP contribution in [0, 0.1) is 0 Å². The highest BCUT2D eigenvalue weighted by molar-refractivity contribution is 6.10. The number of aliphatic imine (C=N–C) groups is 1. The van der Waals surface area contributed by atoms with Crippen LogP contribution in [0.5, 0.6) is 5.75 Å². The van der Waals surface area contributed by atoms with Crippen LogP contribution in [0.3, 0.4) is 0 Å². The molecule has 4 rings (SSSR count). The van der Waals surface area contributed by atoms with Gasteiger partial charge in [0.2, 0.25) is 5.90 Å². The molecule has 2 aliphatic rings. The molecule has 2 aromatic carbocycles. The summed E-state index contributed by atoms with van der Waals surface area (Å²) >= 11 is 0. The monoisotopic (exact) mass is 293 g/mol. The van der Waals surface area contributed by atoms with Crippen molar-refractivity contribution in [3.8, 4) is 5.75 Å². The number of esters is 1. The van der Waals surface area contributed by atoms with E-state index in [2.05, 4.69) is 4.99 Å². The molecule has 1 aliphatic carbocycles. The first kappa shape index (κ1) is 13.1. The Kier molecular flexibility index (Phi) is 2.79. The third-order valence-electron chi connectivity index (χ3n) is 4.29. The minimum atomic E-state index is -0.739. The van der Waals surface area contributed by atoms with Gasteiger partial charge >= 0.3 is 5.97 Å². The van der Waals surface area contributed by atoms with Gasteiger partial charge in [0.1, 0.15) is 5.75 Å². The van der Waals surface area contributed by atoms with Crippen LogP contribution >= 0.6 is 0 Å². The Morgan fingerprint density at radius 1 is 1.18 bits per heavy atom. The zero-order chi connectivity index (χ0) is 15.2. The summed E-state index contributed by atoms with van der Waals surface area (Å²) < 4.78 is 10.7. The molecule has 0 radical (unpaired) electrons. The Labute approximate surface area is 128 Å². The predicted molar refractivity (Wildman–Crippen MR) is 82.2 cm³/mol. The van der Waals surface area contributed by atoms with Crippen molar-refractivity contribution >= 4 is 11.9 Å².